The van der Waals surface area contributed by atoms with Crippen molar-refractivity contribution in [3.8, 4) is 0 Å². The topological polar surface area (TPSA) is 89.9 Å². The number of imidazole rings is 1. The van der Waals surface area contributed by atoms with Crippen molar-refractivity contribution in [3.05, 3.63) is 18.5 Å². The van der Waals surface area contributed by atoms with E-state index in [2.05, 4.69) is 28.0 Å². The van der Waals surface area contributed by atoms with Crippen LogP contribution in [-0.2, 0) is 0 Å². The zero-order valence-corrected chi connectivity index (χ0v) is 12.0. The van der Waals surface area contributed by atoms with Crippen LogP contribution in [0.1, 0.15) is 19.4 Å². The molecule has 106 valence electrons. The van der Waals surface area contributed by atoms with Crippen LogP contribution in [0.3, 0.4) is 0 Å². The van der Waals surface area contributed by atoms with Crippen LogP contribution in [0.4, 0.5) is 5.95 Å². The fourth-order valence-corrected chi connectivity index (χ4v) is 3.19. The quantitative estimate of drug-likeness (QED) is 0.505. The molecule has 2 aromatic heterocycles. The highest BCUT2D eigenvalue weighted by atomic mass is 32.2. The van der Waals surface area contributed by atoms with Gasteiger partial charge in [-0.3, -0.25) is 0 Å². The highest BCUT2D eigenvalue weighted by molar-refractivity contribution is 7.99. The van der Waals surface area contributed by atoms with Gasteiger partial charge >= 0.3 is 0 Å². The number of nitrogens with zero attached hydrogens (tertiary/aromatic N) is 4. The third-order valence-electron chi connectivity index (χ3n) is 3.43. The SMILES string of the molecule is CCSc1nc(N)nc2c1ncn2[C@H]1C=C[C@@H](CO)C1. The number of aliphatic hydroxyl groups excluding tert-OH is 1. The molecular weight excluding hydrogens is 274 g/mol. The van der Waals surface area contributed by atoms with Gasteiger partial charge in [0.2, 0.25) is 5.95 Å². The van der Waals surface area contributed by atoms with Gasteiger partial charge in [-0.15, -0.1) is 11.8 Å². The molecule has 6 nitrogen and oxygen atoms in total. The summed E-state index contributed by atoms with van der Waals surface area (Å²) in [6.07, 6.45) is 6.78. The number of aromatic nitrogens is 4. The lowest BCUT2D eigenvalue weighted by atomic mass is 10.1. The van der Waals surface area contributed by atoms with Crippen LogP contribution < -0.4 is 5.73 Å². The van der Waals surface area contributed by atoms with Crippen LogP contribution in [0.25, 0.3) is 11.2 Å². The summed E-state index contributed by atoms with van der Waals surface area (Å²) >= 11 is 1.61. The Hall–Kier alpha value is -1.60. The summed E-state index contributed by atoms with van der Waals surface area (Å²) in [5.74, 6) is 1.39. The van der Waals surface area contributed by atoms with E-state index < -0.39 is 0 Å². The maximum absolute atomic E-state index is 9.23. The number of hydrogen-bond acceptors (Lipinski definition) is 6. The standard InChI is InChI=1S/C13H17N5OS/c1-2-20-12-10-11(16-13(14)17-12)18(7-15-10)9-4-3-8(5-9)6-19/h3-4,7-9,19H,2,5-6H2,1H3,(H2,14,16,17)/t8-,9+/m1/s1. The number of thioether (sulfide) groups is 1. The van der Waals surface area contributed by atoms with Crippen molar-refractivity contribution in [2.75, 3.05) is 18.1 Å². The smallest absolute Gasteiger partial charge is 0.223 e. The Bertz CT molecular complexity index is 653. The number of anilines is 1. The Labute approximate surface area is 121 Å². The fraction of sp³-hybridized carbons (Fsp3) is 0.462. The summed E-state index contributed by atoms with van der Waals surface area (Å²) in [7, 11) is 0. The van der Waals surface area contributed by atoms with Gasteiger partial charge in [0.1, 0.15) is 10.5 Å². The highest BCUT2D eigenvalue weighted by Gasteiger charge is 2.22. The maximum atomic E-state index is 9.23. The number of allylic oxidation sites excluding steroid dienone is 1. The molecule has 0 aliphatic heterocycles. The van der Waals surface area contributed by atoms with E-state index in [0.717, 1.165) is 28.4 Å². The van der Waals surface area contributed by atoms with Gasteiger partial charge in [0.05, 0.1) is 12.4 Å². The van der Waals surface area contributed by atoms with Crippen molar-refractivity contribution in [1.29, 1.82) is 0 Å². The van der Waals surface area contributed by atoms with Crippen LogP contribution in [0.15, 0.2) is 23.5 Å². The summed E-state index contributed by atoms with van der Waals surface area (Å²) in [4.78, 5) is 13.0. The number of hydrogen-bond donors (Lipinski definition) is 2. The Kier molecular flexibility index (Phi) is 3.62. The van der Waals surface area contributed by atoms with Gasteiger partial charge in [0, 0.05) is 12.5 Å². The zero-order valence-electron chi connectivity index (χ0n) is 11.2. The molecule has 0 aromatic carbocycles. The molecule has 3 N–H and O–H groups in total. The van der Waals surface area contributed by atoms with Gasteiger partial charge in [0.25, 0.3) is 0 Å². The summed E-state index contributed by atoms with van der Waals surface area (Å²) < 4.78 is 2.01. The third kappa shape index (κ3) is 2.27. The van der Waals surface area contributed by atoms with Crippen LogP contribution in [-0.4, -0.2) is 37.0 Å². The first-order valence-electron chi connectivity index (χ1n) is 6.65. The van der Waals surface area contributed by atoms with Crippen molar-refractivity contribution in [1.82, 2.24) is 19.5 Å². The Morgan fingerprint density at radius 1 is 1.45 bits per heavy atom. The van der Waals surface area contributed by atoms with Crippen LogP contribution in [0, 0.1) is 5.92 Å². The summed E-state index contributed by atoms with van der Waals surface area (Å²) in [6.45, 7) is 2.24. The molecule has 0 radical (unpaired) electrons. The molecule has 0 saturated carbocycles. The van der Waals surface area contributed by atoms with E-state index in [9.17, 15) is 5.11 Å². The van der Waals surface area contributed by atoms with Crippen molar-refractivity contribution in [2.24, 2.45) is 5.92 Å². The first kappa shape index (κ1) is 13.4. The fourth-order valence-electron chi connectivity index (χ4n) is 2.48. The van der Waals surface area contributed by atoms with Crippen molar-refractivity contribution >= 4 is 28.9 Å². The van der Waals surface area contributed by atoms with E-state index >= 15 is 0 Å². The number of fused-ring (bicyclic) bond motifs is 1. The van der Waals surface area contributed by atoms with E-state index in [0.29, 0.717) is 0 Å². The third-order valence-corrected chi connectivity index (χ3v) is 4.28. The molecule has 0 unspecified atom stereocenters. The normalized spacial score (nSPS) is 21.9. The van der Waals surface area contributed by atoms with Crippen LogP contribution in [0.5, 0.6) is 0 Å². The molecule has 0 fully saturated rings. The molecule has 0 saturated heterocycles. The van der Waals surface area contributed by atoms with Gasteiger partial charge in [0.15, 0.2) is 5.65 Å². The van der Waals surface area contributed by atoms with Crippen molar-refractivity contribution in [2.45, 2.75) is 24.4 Å². The lowest BCUT2D eigenvalue weighted by Crippen LogP contribution is -2.08. The summed E-state index contributed by atoms with van der Waals surface area (Å²) in [5, 5.41) is 10.1. The molecule has 1 aliphatic rings. The van der Waals surface area contributed by atoms with Gasteiger partial charge < -0.3 is 15.4 Å². The number of rotatable bonds is 4. The minimum absolute atomic E-state index is 0.172. The summed E-state index contributed by atoms with van der Waals surface area (Å²) in [5.41, 5.74) is 7.36. The average molecular weight is 291 g/mol. The Morgan fingerprint density at radius 3 is 3.00 bits per heavy atom. The molecule has 1 aliphatic carbocycles. The lowest BCUT2D eigenvalue weighted by molar-refractivity contribution is 0.244. The van der Waals surface area contributed by atoms with Gasteiger partial charge in [-0.05, 0) is 12.2 Å². The predicted molar refractivity (Wildman–Crippen MR) is 79.5 cm³/mol. The molecule has 0 bridgehead atoms. The molecule has 20 heavy (non-hydrogen) atoms. The highest BCUT2D eigenvalue weighted by Crippen LogP contribution is 2.32. The van der Waals surface area contributed by atoms with Gasteiger partial charge in [-0.1, -0.05) is 19.1 Å². The molecule has 3 rings (SSSR count). The second-order valence-electron chi connectivity index (χ2n) is 4.77. The van der Waals surface area contributed by atoms with Crippen LogP contribution in [0.2, 0.25) is 0 Å². The molecule has 2 atom stereocenters. The van der Waals surface area contributed by atoms with E-state index in [1.54, 1.807) is 18.1 Å². The first-order valence-corrected chi connectivity index (χ1v) is 7.63. The first-order chi connectivity index (χ1) is 9.72. The van der Waals surface area contributed by atoms with Crippen LogP contribution >= 0.6 is 11.8 Å². The Balaban J connectivity index is 2.03. The van der Waals surface area contributed by atoms with Gasteiger partial charge in [-0.25, -0.2) is 9.97 Å². The van der Waals surface area contributed by atoms with E-state index in [4.69, 9.17) is 5.73 Å². The van der Waals surface area contributed by atoms with E-state index in [-0.39, 0.29) is 24.5 Å². The number of nitrogen functional groups attached to an aromatic ring is 1. The van der Waals surface area contributed by atoms with Crippen molar-refractivity contribution in [3.63, 3.8) is 0 Å². The molecule has 7 heteroatoms. The predicted octanol–water partition coefficient (Wildman–Crippen LogP) is 1.63. The van der Waals surface area contributed by atoms with Crippen molar-refractivity contribution < 1.29 is 5.11 Å². The maximum Gasteiger partial charge on any atom is 0.223 e. The molecule has 0 amide bonds. The molecule has 0 spiro atoms. The lowest BCUT2D eigenvalue weighted by Gasteiger charge is -2.12. The monoisotopic (exact) mass is 291 g/mol. The molecular formula is C13H17N5OS. The average Bonchev–Trinajstić information content (AvgIpc) is 3.04. The number of aliphatic hydroxyl groups is 1. The second-order valence-corrected chi connectivity index (χ2v) is 6.03. The minimum Gasteiger partial charge on any atom is -0.396 e. The second kappa shape index (κ2) is 5.41. The zero-order chi connectivity index (χ0) is 14.1. The summed E-state index contributed by atoms with van der Waals surface area (Å²) in [6, 6.07) is 0.172. The molecule has 2 heterocycles. The number of nitrogens with two attached hydrogens (primary N) is 1. The van der Waals surface area contributed by atoms with E-state index in [1.807, 2.05) is 10.6 Å². The Morgan fingerprint density at radius 2 is 2.30 bits per heavy atom. The minimum atomic E-state index is 0.172. The van der Waals surface area contributed by atoms with E-state index in [1.165, 1.54) is 0 Å². The van der Waals surface area contributed by atoms with Gasteiger partial charge in [-0.2, -0.15) is 4.98 Å². The largest absolute Gasteiger partial charge is 0.396 e. The molecule has 2 aromatic rings.